The lowest BCUT2D eigenvalue weighted by Gasteiger charge is -2.32. The molecule has 1 fully saturated rings. The van der Waals surface area contributed by atoms with Crippen LogP contribution in [-0.2, 0) is 4.79 Å². The SMILES string of the molecule is CCC(=O)C1CCN(C(=O)N(C)C)CC1. The molecule has 1 aliphatic rings. The molecule has 0 spiro atoms. The molecule has 0 aromatic heterocycles. The molecule has 4 heteroatoms. The Morgan fingerprint density at radius 1 is 1.27 bits per heavy atom. The van der Waals surface area contributed by atoms with E-state index in [4.69, 9.17) is 0 Å². The van der Waals surface area contributed by atoms with Gasteiger partial charge in [0.15, 0.2) is 0 Å². The van der Waals surface area contributed by atoms with E-state index in [0.717, 1.165) is 12.8 Å². The number of hydrogen-bond acceptors (Lipinski definition) is 2. The molecule has 0 aromatic carbocycles. The summed E-state index contributed by atoms with van der Waals surface area (Å²) < 4.78 is 0. The Bertz CT molecular complexity index is 243. The zero-order chi connectivity index (χ0) is 11.4. The van der Waals surface area contributed by atoms with E-state index in [1.54, 1.807) is 19.0 Å². The lowest BCUT2D eigenvalue weighted by molar-refractivity contribution is -0.123. The molecule has 2 amide bonds. The van der Waals surface area contributed by atoms with Crippen molar-refractivity contribution in [1.82, 2.24) is 9.80 Å². The summed E-state index contributed by atoms with van der Waals surface area (Å²) in [5.41, 5.74) is 0. The van der Waals surface area contributed by atoms with Crippen LogP contribution in [0.2, 0.25) is 0 Å². The summed E-state index contributed by atoms with van der Waals surface area (Å²) in [4.78, 5) is 26.5. The molecule has 0 bridgehead atoms. The van der Waals surface area contributed by atoms with E-state index in [1.165, 1.54) is 0 Å². The average molecular weight is 212 g/mol. The molecular formula is C11H20N2O2. The van der Waals surface area contributed by atoms with Gasteiger partial charge < -0.3 is 9.80 Å². The molecule has 0 saturated carbocycles. The minimum atomic E-state index is 0.0531. The fraction of sp³-hybridized carbons (Fsp3) is 0.818. The van der Waals surface area contributed by atoms with Crippen LogP contribution in [0.5, 0.6) is 0 Å². The summed E-state index contributed by atoms with van der Waals surface area (Å²) in [6.45, 7) is 3.33. The number of amides is 2. The van der Waals surface area contributed by atoms with Crippen molar-refractivity contribution in [3.63, 3.8) is 0 Å². The van der Waals surface area contributed by atoms with E-state index in [9.17, 15) is 9.59 Å². The number of nitrogens with zero attached hydrogens (tertiary/aromatic N) is 2. The fourth-order valence-corrected chi connectivity index (χ4v) is 1.96. The number of carbonyl (C=O) groups is 2. The molecule has 0 aromatic rings. The van der Waals surface area contributed by atoms with Crippen LogP contribution >= 0.6 is 0 Å². The molecule has 1 rings (SSSR count). The van der Waals surface area contributed by atoms with Crippen molar-refractivity contribution in [2.45, 2.75) is 26.2 Å². The number of hydrogen-bond donors (Lipinski definition) is 0. The van der Waals surface area contributed by atoms with E-state index in [1.807, 2.05) is 11.8 Å². The first kappa shape index (κ1) is 12.0. The van der Waals surface area contributed by atoms with Crippen molar-refractivity contribution >= 4 is 11.8 Å². The Kier molecular flexibility index (Phi) is 4.12. The van der Waals surface area contributed by atoms with Crippen molar-refractivity contribution < 1.29 is 9.59 Å². The van der Waals surface area contributed by atoms with Gasteiger partial charge in [-0.25, -0.2) is 4.79 Å². The van der Waals surface area contributed by atoms with Gasteiger partial charge in [-0.3, -0.25) is 4.79 Å². The summed E-state index contributed by atoms with van der Waals surface area (Å²) >= 11 is 0. The first-order valence-corrected chi connectivity index (χ1v) is 5.55. The predicted octanol–water partition coefficient (Wildman–Crippen LogP) is 1.36. The van der Waals surface area contributed by atoms with Gasteiger partial charge in [0.1, 0.15) is 5.78 Å². The molecule has 1 aliphatic heterocycles. The molecule has 1 heterocycles. The zero-order valence-corrected chi connectivity index (χ0v) is 9.82. The van der Waals surface area contributed by atoms with Gasteiger partial charge in [0, 0.05) is 39.5 Å². The largest absolute Gasteiger partial charge is 0.331 e. The van der Waals surface area contributed by atoms with Gasteiger partial charge in [0.2, 0.25) is 0 Å². The standard InChI is InChI=1S/C11H20N2O2/c1-4-10(14)9-5-7-13(8-6-9)11(15)12(2)3/h9H,4-8H2,1-3H3. The molecule has 4 nitrogen and oxygen atoms in total. The third kappa shape index (κ3) is 2.94. The Hall–Kier alpha value is -1.06. The van der Waals surface area contributed by atoms with Crippen LogP contribution < -0.4 is 0 Å². The highest BCUT2D eigenvalue weighted by Crippen LogP contribution is 2.19. The molecule has 0 radical (unpaired) electrons. The van der Waals surface area contributed by atoms with Crippen LogP contribution in [-0.4, -0.2) is 48.8 Å². The van der Waals surface area contributed by atoms with Crippen molar-refractivity contribution in [1.29, 1.82) is 0 Å². The number of likely N-dealkylation sites (tertiary alicyclic amines) is 1. The quantitative estimate of drug-likeness (QED) is 0.693. The first-order valence-electron chi connectivity index (χ1n) is 5.55. The molecule has 0 atom stereocenters. The lowest BCUT2D eigenvalue weighted by atomic mass is 9.91. The number of ketones is 1. The highest BCUT2D eigenvalue weighted by atomic mass is 16.2. The maximum atomic E-state index is 11.6. The Balaban J connectivity index is 2.42. The molecule has 0 unspecified atom stereocenters. The van der Waals surface area contributed by atoms with Gasteiger partial charge in [0.25, 0.3) is 0 Å². The van der Waals surface area contributed by atoms with Gasteiger partial charge in [0.05, 0.1) is 0 Å². The van der Waals surface area contributed by atoms with Crippen molar-refractivity contribution in [2.24, 2.45) is 5.92 Å². The predicted molar refractivity (Wildman–Crippen MR) is 58.7 cm³/mol. The van der Waals surface area contributed by atoms with Crippen molar-refractivity contribution in [3.8, 4) is 0 Å². The van der Waals surface area contributed by atoms with Crippen molar-refractivity contribution in [3.05, 3.63) is 0 Å². The van der Waals surface area contributed by atoms with E-state index >= 15 is 0 Å². The summed E-state index contributed by atoms with van der Waals surface area (Å²) in [6.07, 6.45) is 2.27. The number of piperidine rings is 1. The van der Waals surface area contributed by atoms with Gasteiger partial charge >= 0.3 is 6.03 Å². The topological polar surface area (TPSA) is 40.6 Å². The van der Waals surface area contributed by atoms with Crippen LogP contribution in [0.25, 0.3) is 0 Å². The highest BCUT2D eigenvalue weighted by Gasteiger charge is 2.26. The molecule has 0 aliphatic carbocycles. The Labute approximate surface area is 91.2 Å². The van der Waals surface area contributed by atoms with E-state index in [2.05, 4.69) is 0 Å². The van der Waals surface area contributed by atoms with E-state index in [0.29, 0.717) is 25.3 Å². The number of urea groups is 1. The van der Waals surface area contributed by atoms with Gasteiger partial charge in [-0.1, -0.05) is 6.92 Å². The monoisotopic (exact) mass is 212 g/mol. The Morgan fingerprint density at radius 2 is 1.80 bits per heavy atom. The van der Waals surface area contributed by atoms with E-state index < -0.39 is 0 Å². The minimum Gasteiger partial charge on any atom is -0.331 e. The van der Waals surface area contributed by atoms with Gasteiger partial charge in [-0.15, -0.1) is 0 Å². The van der Waals surface area contributed by atoms with Crippen LogP contribution in [0.1, 0.15) is 26.2 Å². The minimum absolute atomic E-state index is 0.0531. The van der Waals surface area contributed by atoms with Crippen LogP contribution in [0.3, 0.4) is 0 Å². The Morgan fingerprint density at radius 3 is 2.20 bits per heavy atom. The molecule has 1 saturated heterocycles. The lowest BCUT2D eigenvalue weighted by Crippen LogP contribution is -2.44. The molecule has 86 valence electrons. The second-order valence-electron chi connectivity index (χ2n) is 4.26. The summed E-state index contributed by atoms with van der Waals surface area (Å²) in [6, 6.07) is 0.0531. The summed E-state index contributed by atoms with van der Waals surface area (Å²) in [5.74, 6) is 0.521. The number of carbonyl (C=O) groups excluding carboxylic acids is 2. The molecule has 15 heavy (non-hydrogen) atoms. The number of Topliss-reactive ketones (excluding diaryl/α,β-unsaturated/α-hetero) is 1. The van der Waals surface area contributed by atoms with Crippen LogP contribution in [0.15, 0.2) is 0 Å². The summed E-state index contributed by atoms with van der Waals surface area (Å²) in [5, 5.41) is 0. The third-order valence-electron chi connectivity index (χ3n) is 2.95. The maximum Gasteiger partial charge on any atom is 0.319 e. The number of rotatable bonds is 2. The second kappa shape index (κ2) is 5.14. The average Bonchev–Trinajstić information content (AvgIpc) is 2.27. The molecular weight excluding hydrogens is 192 g/mol. The summed E-state index contributed by atoms with van der Waals surface area (Å²) in [7, 11) is 3.51. The maximum absolute atomic E-state index is 11.6. The van der Waals surface area contributed by atoms with Crippen LogP contribution in [0.4, 0.5) is 4.79 Å². The molecule has 0 N–H and O–H groups in total. The van der Waals surface area contributed by atoms with Gasteiger partial charge in [-0.05, 0) is 12.8 Å². The van der Waals surface area contributed by atoms with Crippen LogP contribution in [0, 0.1) is 5.92 Å². The fourth-order valence-electron chi connectivity index (χ4n) is 1.96. The zero-order valence-electron chi connectivity index (χ0n) is 9.82. The normalized spacial score (nSPS) is 17.7. The van der Waals surface area contributed by atoms with Gasteiger partial charge in [-0.2, -0.15) is 0 Å². The van der Waals surface area contributed by atoms with Crippen molar-refractivity contribution in [2.75, 3.05) is 27.2 Å². The second-order valence-corrected chi connectivity index (χ2v) is 4.26. The third-order valence-corrected chi connectivity index (χ3v) is 2.95. The highest BCUT2D eigenvalue weighted by molar-refractivity contribution is 5.81. The smallest absolute Gasteiger partial charge is 0.319 e. The first-order chi connectivity index (χ1) is 7.06. The van der Waals surface area contributed by atoms with E-state index in [-0.39, 0.29) is 11.9 Å².